The smallest absolute Gasteiger partial charge is 0.310 e. The summed E-state index contributed by atoms with van der Waals surface area (Å²) in [6, 6.07) is 23.0. The molecule has 3 aromatic carbocycles. The van der Waals surface area contributed by atoms with Gasteiger partial charge in [-0.2, -0.15) is 0 Å². The number of nitrogens with one attached hydrogen (secondary N) is 1. The minimum Gasteiger partial charge on any atom is -0.494 e. The van der Waals surface area contributed by atoms with E-state index in [2.05, 4.69) is 58.1 Å². The van der Waals surface area contributed by atoms with E-state index in [0.29, 0.717) is 6.61 Å². The van der Waals surface area contributed by atoms with E-state index in [-0.39, 0.29) is 12.4 Å². The van der Waals surface area contributed by atoms with E-state index in [1.807, 2.05) is 24.4 Å². The highest BCUT2D eigenvalue weighted by molar-refractivity contribution is 6.07. The highest BCUT2D eigenvalue weighted by Crippen LogP contribution is 2.29. The molecule has 0 spiro atoms. The van der Waals surface area contributed by atoms with Crippen molar-refractivity contribution in [3.63, 3.8) is 0 Å². The summed E-state index contributed by atoms with van der Waals surface area (Å²) in [5, 5.41) is 3.57. The van der Waals surface area contributed by atoms with Crippen molar-refractivity contribution in [1.29, 1.82) is 0 Å². The number of carbonyl (C=O) groups is 1. The van der Waals surface area contributed by atoms with Gasteiger partial charge in [-0.3, -0.25) is 4.79 Å². The number of rotatable bonds is 7. The van der Waals surface area contributed by atoms with Gasteiger partial charge in [0.05, 0.1) is 20.1 Å². The third-order valence-corrected chi connectivity index (χ3v) is 5.78. The summed E-state index contributed by atoms with van der Waals surface area (Å²) >= 11 is 0. The molecule has 0 atom stereocenters. The number of nitrogens with zero attached hydrogens (tertiary/aromatic N) is 1. The Labute approximate surface area is 180 Å². The van der Waals surface area contributed by atoms with Crippen molar-refractivity contribution in [2.45, 2.75) is 19.4 Å². The predicted octanol–water partition coefficient (Wildman–Crippen LogP) is 5.46. The van der Waals surface area contributed by atoms with E-state index in [1.165, 1.54) is 28.9 Å². The Balaban J connectivity index is 1.30. The summed E-state index contributed by atoms with van der Waals surface area (Å²) < 4.78 is 13.2. The van der Waals surface area contributed by atoms with Crippen molar-refractivity contribution in [3.05, 3.63) is 78.5 Å². The standard InChI is InChI=1S/C26H24N2O3/c1-30-26(29)15-18-17-27-23-12-11-19(16-22(18)23)31-14-6-13-28-24-9-4-2-7-20(24)21-8-3-5-10-25(21)28/h2-5,7-12,16-17,27H,6,13-15H2,1H3. The Bertz CT molecular complexity index is 1330. The molecule has 156 valence electrons. The summed E-state index contributed by atoms with van der Waals surface area (Å²) in [5.74, 6) is 0.554. The molecule has 1 N–H and O–H groups in total. The highest BCUT2D eigenvalue weighted by Gasteiger charge is 2.11. The molecule has 0 saturated heterocycles. The first kappa shape index (κ1) is 19.2. The number of methoxy groups -OCH3 is 1. The lowest BCUT2D eigenvalue weighted by Gasteiger charge is -2.10. The molecule has 0 amide bonds. The van der Waals surface area contributed by atoms with Gasteiger partial charge >= 0.3 is 5.97 Å². The average molecular weight is 412 g/mol. The van der Waals surface area contributed by atoms with Crippen molar-refractivity contribution < 1.29 is 14.3 Å². The van der Waals surface area contributed by atoms with Gasteiger partial charge in [-0.1, -0.05) is 36.4 Å². The first-order valence-electron chi connectivity index (χ1n) is 10.5. The largest absolute Gasteiger partial charge is 0.494 e. The molecule has 5 nitrogen and oxygen atoms in total. The highest BCUT2D eigenvalue weighted by atomic mass is 16.5. The molecule has 5 aromatic rings. The lowest BCUT2D eigenvalue weighted by atomic mass is 10.1. The summed E-state index contributed by atoms with van der Waals surface area (Å²) in [6.45, 7) is 1.50. The van der Waals surface area contributed by atoms with Crippen molar-refractivity contribution in [1.82, 2.24) is 9.55 Å². The normalized spacial score (nSPS) is 11.4. The molecule has 0 saturated carbocycles. The molecular formula is C26H24N2O3. The first-order chi connectivity index (χ1) is 15.2. The predicted molar refractivity (Wildman–Crippen MR) is 124 cm³/mol. The fourth-order valence-electron chi connectivity index (χ4n) is 4.28. The zero-order valence-corrected chi connectivity index (χ0v) is 17.4. The SMILES string of the molecule is COC(=O)Cc1c[nH]c2ccc(OCCCn3c4ccccc4c4ccccc43)cc12. The fourth-order valence-corrected chi connectivity index (χ4v) is 4.28. The van der Waals surface area contributed by atoms with Crippen LogP contribution in [-0.2, 0) is 22.5 Å². The van der Waals surface area contributed by atoms with Crippen molar-refractivity contribution in [3.8, 4) is 5.75 Å². The summed E-state index contributed by atoms with van der Waals surface area (Å²) in [6.07, 6.45) is 2.99. The first-order valence-corrected chi connectivity index (χ1v) is 10.5. The van der Waals surface area contributed by atoms with Crippen LogP contribution >= 0.6 is 0 Å². The molecule has 5 rings (SSSR count). The van der Waals surface area contributed by atoms with E-state index >= 15 is 0 Å². The molecule has 31 heavy (non-hydrogen) atoms. The van der Waals surface area contributed by atoms with Crippen LogP contribution in [0.2, 0.25) is 0 Å². The van der Waals surface area contributed by atoms with Gasteiger partial charge in [-0.25, -0.2) is 0 Å². The van der Waals surface area contributed by atoms with Crippen molar-refractivity contribution in [2.24, 2.45) is 0 Å². The Kier molecular flexibility index (Phi) is 5.08. The van der Waals surface area contributed by atoms with Gasteiger partial charge < -0.3 is 19.0 Å². The number of aromatic nitrogens is 2. The molecule has 0 aliphatic rings. The number of ether oxygens (including phenoxy) is 2. The van der Waals surface area contributed by atoms with Crippen LogP contribution < -0.4 is 4.74 Å². The third-order valence-electron chi connectivity index (χ3n) is 5.78. The molecule has 0 aliphatic heterocycles. The molecule has 0 unspecified atom stereocenters. The van der Waals surface area contributed by atoms with Gasteiger partial charge in [0.2, 0.25) is 0 Å². The summed E-state index contributed by atoms with van der Waals surface area (Å²) in [5.41, 5.74) is 4.41. The number of carbonyl (C=O) groups excluding carboxylic acids is 1. The number of H-pyrrole nitrogens is 1. The maximum absolute atomic E-state index is 11.6. The molecule has 5 heteroatoms. The van der Waals surface area contributed by atoms with Crippen LogP contribution in [0.1, 0.15) is 12.0 Å². The van der Waals surface area contributed by atoms with Crippen molar-refractivity contribution >= 4 is 38.7 Å². The number of fused-ring (bicyclic) bond motifs is 4. The number of benzene rings is 3. The summed E-state index contributed by atoms with van der Waals surface area (Å²) in [7, 11) is 1.41. The van der Waals surface area contributed by atoms with E-state index in [9.17, 15) is 4.79 Å². The minimum absolute atomic E-state index is 0.244. The van der Waals surface area contributed by atoms with Gasteiger partial charge in [0.1, 0.15) is 5.75 Å². The quantitative estimate of drug-likeness (QED) is 0.285. The lowest BCUT2D eigenvalue weighted by Crippen LogP contribution is -2.05. The number of hydrogen-bond acceptors (Lipinski definition) is 3. The number of esters is 1. The topological polar surface area (TPSA) is 56.3 Å². The Morgan fingerprint density at radius 3 is 2.35 bits per heavy atom. The van der Waals surface area contributed by atoms with Gasteiger partial charge in [0, 0.05) is 45.5 Å². The van der Waals surface area contributed by atoms with Crippen molar-refractivity contribution in [2.75, 3.05) is 13.7 Å². The maximum Gasteiger partial charge on any atom is 0.310 e. The lowest BCUT2D eigenvalue weighted by molar-refractivity contribution is -0.139. The Hall–Kier alpha value is -3.73. The van der Waals surface area contributed by atoms with Crippen LogP contribution in [0.25, 0.3) is 32.7 Å². The molecular weight excluding hydrogens is 388 g/mol. The van der Waals surface area contributed by atoms with Crippen LogP contribution in [0.4, 0.5) is 0 Å². The van der Waals surface area contributed by atoms with Crippen LogP contribution in [0, 0.1) is 0 Å². The molecule has 0 radical (unpaired) electrons. The van der Waals surface area contributed by atoms with Gasteiger partial charge in [0.15, 0.2) is 0 Å². The Morgan fingerprint density at radius 2 is 1.65 bits per heavy atom. The van der Waals surface area contributed by atoms with Crippen LogP contribution in [-0.4, -0.2) is 29.2 Å². The third kappa shape index (κ3) is 3.63. The monoisotopic (exact) mass is 412 g/mol. The van der Waals surface area contributed by atoms with Gasteiger partial charge in [-0.05, 0) is 42.3 Å². The maximum atomic E-state index is 11.6. The molecule has 2 aromatic heterocycles. The van der Waals surface area contributed by atoms with Crippen LogP contribution in [0.3, 0.4) is 0 Å². The molecule has 0 fully saturated rings. The van der Waals surface area contributed by atoms with E-state index in [4.69, 9.17) is 9.47 Å². The second-order valence-electron chi connectivity index (χ2n) is 7.66. The van der Waals surface area contributed by atoms with E-state index < -0.39 is 0 Å². The number of para-hydroxylation sites is 2. The second kappa shape index (κ2) is 8.19. The summed E-state index contributed by atoms with van der Waals surface area (Å²) in [4.78, 5) is 14.8. The van der Waals surface area contributed by atoms with Crippen LogP contribution in [0.5, 0.6) is 5.75 Å². The molecule has 0 aliphatic carbocycles. The van der Waals surface area contributed by atoms with Gasteiger partial charge in [0.25, 0.3) is 0 Å². The number of aryl methyl sites for hydroxylation is 1. The average Bonchev–Trinajstić information content (AvgIpc) is 3.35. The molecule has 0 bridgehead atoms. The second-order valence-corrected chi connectivity index (χ2v) is 7.66. The van der Waals surface area contributed by atoms with Crippen LogP contribution in [0.15, 0.2) is 72.9 Å². The Morgan fingerprint density at radius 1 is 0.935 bits per heavy atom. The number of aromatic amines is 1. The van der Waals surface area contributed by atoms with E-state index in [1.54, 1.807) is 0 Å². The van der Waals surface area contributed by atoms with E-state index in [0.717, 1.165) is 35.2 Å². The number of hydrogen-bond donors (Lipinski definition) is 1. The fraction of sp³-hybridized carbons (Fsp3) is 0.192. The zero-order chi connectivity index (χ0) is 21.2. The molecule has 2 heterocycles. The van der Waals surface area contributed by atoms with Gasteiger partial charge in [-0.15, -0.1) is 0 Å². The zero-order valence-electron chi connectivity index (χ0n) is 17.4. The minimum atomic E-state index is -0.251.